The van der Waals surface area contributed by atoms with Crippen LogP contribution >= 0.6 is 0 Å². The van der Waals surface area contributed by atoms with Crippen LogP contribution in [0.4, 0.5) is 0 Å². The molecule has 0 fully saturated rings. The summed E-state index contributed by atoms with van der Waals surface area (Å²) in [5.41, 5.74) is -1.26. The van der Waals surface area contributed by atoms with Crippen LogP contribution < -0.4 is 9.44 Å². The molecule has 0 radical (unpaired) electrons. The predicted octanol–water partition coefficient (Wildman–Crippen LogP) is 2.88. The molecule has 0 aromatic heterocycles. The lowest BCUT2D eigenvalue weighted by molar-refractivity contribution is -0.155. The number of hydrogen-bond acceptors (Lipinski definition) is 11. The van der Waals surface area contributed by atoms with Crippen molar-refractivity contribution in [2.24, 2.45) is 0 Å². The summed E-state index contributed by atoms with van der Waals surface area (Å²) in [6.45, 7) is 10.1. The van der Waals surface area contributed by atoms with Crippen molar-refractivity contribution in [1.29, 1.82) is 0 Å². The molecule has 0 saturated carbocycles. The maximum atomic E-state index is 12.1. The number of sulfonamides is 2. The van der Waals surface area contributed by atoms with Crippen molar-refractivity contribution < 1.29 is 55.3 Å². The van der Waals surface area contributed by atoms with Crippen LogP contribution in [0.3, 0.4) is 0 Å². The minimum Gasteiger partial charge on any atom is -0.478 e. The molecule has 2 aromatic carbocycles. The number of esters is 3. The van der Waals surface area contributed by atoms with Gasteiger partial charge in [-0.15, -0.1) is 0 Å². The van der Waals surface area contributed by atoms with Crippen molar-refractivity contribution in [1.82, 2.24) is 9.44 Å². The molecule has 0 bridgehead atoms. The first-order chi connectivity index (χ1) is 20.6. The summed E-state index contributed by atoms with van der Waals surface area (Å²) in [7, 11) is -6.50. The number of benzene rings is 2. The number of carbonyl (C=O) groups excluding carboxylic acids is 3. The molecule has 14 nitrogen and oxygen atoms in total. The second kappa shape index (κ2) is 16.5. The number of hydrogen-bond donors (Lipinski definition) is 3. The smallest absolute Gasteiger partial charge is 0.337 e. The van der Waals surface area contributed by atoms with E-state index in [9.17, 15) is 36.0 Å². The first-order valence-electron chi connectivity index (χ1n) is 13.5. The fourth-order valence-corrected chi connectivity index (χ4v) is 5.39. The van der Waals surface area contributed by atoms with Gasteiger partial charge in [-0.25, -0.2) is 35.9 Å². The van der Waals surface area contributed by atoms with Crippen molar-refractivity contribution in [3.63, 3.8) is 0 Å². The second-order valence-corrected chi connectivity index (χ2v) is 14.9. The summed E-state index contributed by atoms with van der Waals surface area (Å²) >= 11 is 0. The predicted molar refractivity (Wildman–Crippen MR) is 162 cm³/mol. The molecule has 0 aliphatic carbocycles. The van der Waals surface area contributed by atoms with Gasteiger partial charge in [-0.3, -0.25) is 9.59 Å². The third-order valence-electron chi connectivity index (χ3n) is 5.04. The van der Waals surface area contributed by atoms with Gasteiger partial charge in [-0.2, -0.15) is 0 Å². The van der Waals surface area contributed by atoms with Gasteiger partial charge in [0.15, 0.2) is 0 Å². The van der Waals surface area contributed by atoms with E-state index < -0.39 is 55.1 Å². The molecule has 2 rings (SSSR count). The lowest BCUT2D eigenvalue weighted by atomic mass is 10.2. The highest BCUT2D eigenvalue weighted by Gasteiger charge is 2.21. The SMILES string of the molecule is CC(C)(C)OC(=O)CCNS(=O)(=O)c1cccc(C(=O)O)c1.COC(=O)c1cccc(S(=O)(=O)NCCC(=O)OC(C)(C)C)c1. The van der Waals surface area contributed by atoms with E-state index in [1.54, 1.807) is 41.5 Å². The standard InChI is InChI=1S/C15H21NO6S.C14H19NO6S/c1-15(2,3)22-13(17)8-9-16-23(19,20)12-7-5-6-11(10-12)14(18)21-4;1-14(2,3)21-12(16)7-8-15-22(19,20)11-6-4-5-10(9-11)13(17)18/h5-7,10,16H,8-9H2,1-4H3;4-6,9,15H,7-8H2,1-3H3,(H,17,18). The largest absolute Gasteiger partial charge is 0.478 e. The Kier molecular flexibility index (Phi) is 14.3. The van der Waals surface area contributed by atoms with E-state index in [0.717, 1.165) is 6.07 Å². The van der Waals surface area contributed by atoms with Crippen LogP contribution in [0, 0.1) is 0 Å². The van der Waals surface area contributed by atoms with Gasteiger partial charge < -0.3 is 19.3 Å². The number of carboxylic acids is 1. The zero-order valence-corrected chi connectivity index (χ0v) is 27.8. The van der Waals surface area contributed by atoms with Crippen LogP contribution in [0.25, 0.3) is 0 Å². The summed E-state index contributed by atoms with van der Waals surface area (Å²) in [6.07, 6.45) is -0.206. The molecule has 0 saturated heterocycles. The quantitative estimate of drug-likeness (QED) is 0.220. The van der Waals surface area contributed by atoms with Crippen LogP contribution in [0.5, 0.6) is 0 Å². The van der Waals surface area contributed by atoms with Crippen molar-refractivity contribution in [2.45, 2.75) is 75.4 Å². The number of rotatable bonds is 12. The number of methoxy groups -OCH3 is 1. The fourth-order valence-electron chi connectivity index (χ4n) is 3.23. The average molecular weight is 673 g/mol. The average Bonchev–Trinajstić information content (AvgIpc) is 2.91. The molecule has 16 heteroatoms. The summed E-state index contributed by atoms with van der Waals surface area (Å²) < 4.78 is 67.6. The Morgan fingerprint density at radius 2 is 1.07 bits per heavy atom. The highest BCUT2D eigenvalue weighted by Crippen LogP contribution is 2.14. The highest BCUT2D eigenvalue weighted by molar-refractivity contribution is 7.89. The number of carboxylic acid groups (broad SMARTS) is 1. The maximum Gasteiger partial charge on any atom is 0.337 e. The van der Waals surface area contributed by atoms with Gasteiger partial charge in [0.05, 0.1) is 40.9 Å². The maximum absolute atomic E-state index is 12.1. The molecule has 0 amide bonds. The van der Waals surface area contributed by atoms with E-state index in [4.69, 9.17) is 14.6 Å². The molecular weight excluding hydrogens is 632 g/mol. The summed E-state index contributed by atoms with van der Waals surface area (Å²) in [4.78, 5) is 45.1. The number of carbonyl (C=O) groups is 4. The Bertz CT molecular complexity index is 1570. The van der Waals surface area contributed by atoms with E-state index in [0.29, 0.717) is 0 Å². The molecule has 3 N–H and O–H groups in total. The van der Waals surface area contributed by atoms with Gasteiger partial charge in [-0.05, 0) is 77.9 Å². The Morgan fingerprint density at radius 3 is 1.42 bits per heavy atom. The fraction of sp³-hybridized carbons (Fsp3) is 0.448. The first-order valence-corrected chi connectivity index (χ1v) is 16.5. The Morgan fingerprint density at radius 1 is 0.689 bits per heavy atom. The van der Waals surface area contributed by atoms with E-state index in [2.05, 4.69) is 14.2 Å². The summed E-state index contributed by atoms with van der Waals surface area (Å²) in [5.74, 6) is -2.86. The Hall–Kier alpha value is -3.86. The van der Waals surface area contributed by atoms with Gasteiger partial charge in [0.1, 0.15) is 11.2 Å². The Labute approximate surface area is 263 Å². The lowest BCUT2D eigenvalue weighted by Crippen LogP contribution is -2.29. The number of nitrogens with one attached hydrogen (secondary N) is 2. The molecule has 45 heavy (non-hydrogen) atoms. The second-order valence-electron chi connectivity index (χ2n) is 11.3. The molecular formula is C29H40N2O12S2. The van der Waals surface area contributed by atoms with Gasteiger partial charge in [-0.1, -0.05) is 12.1 Å². The van der Waals surface area contributed by atoms with Crippen LogP contribution in [-0.2, 0) is 43.8 Å². The van der Waals surface area contributed by atoms with Crippen LogP contribution in [0.2, 0.25) is 0 Å². The van der Waals surface area contributed by atoms with E-state index in [-0.39, 0.29) is 46.8 Å². The normalized spacial score (nSPS) is 11.9. The summed E-state index contributed by atoms with van der Waals surface area (Å²) in [6, 6.07) is 10.4. The van der Waals surface area contributed by atoms with Crippen molar-refractivity contribution in [2.75, 3.05) is 20.2 Å². The zero-order chi connectivity index (χ0) is 34.6. The molecule has 0 atom stereocenters. The van der Waals surface area contributed by atoms with E-state index in [1.807, 2.05) is 0 Å². The summed E-state index contributed by atoms with van der Waals surface area (Å²) in [5, 5.41) is 8.86. The van der Waals surface area contributed by atoms with Gasteiger partial charge in [0, 0.05) is 13.1 Å². The molecule has 0 heterocycles. The zero-order valence-electron chi connectivity index (χ0n) is 26.2. The minimum absolute atomic E-state index is 0.0791. The molecule has 0 spiro atoms. The van der Waals surface area contributed by atoms with Crippen LogP contribution in [0.1, 0.15) is 75.1 Å². The minimum atomic E-state index is -3.88. The number of aromatic carboxylic acids is 1. The Balaban J connectivity index is 0.000000450. The van der Waals surface area contributed by atoms with Crippen LogP contribution in [0.15, 0.2) is 58.3 Å². The van der Waals surface area contributed by atoms with E-state index >= 15 is 0 Å². The van der Waals surface area contributed by atoms with Gasteiger partial charge in [0.25, 0.3) is 0 Å². The van der Waals surface area contributed by atoms with Gasteiger partial charge in [0.2, 0.25) is 20.0 Å². The van der Waals surface area contributed by atoms with Gasteiger partial charge >= 0.3 is 23.9 Å². The molecule has 250 valence electrons. The first kappa shape index (κ1) is 39.2. The third kappa shape index (κ3) is 15.1. The molecule has 0 aliphatic heterocycles. The third-order valence-corrected chi connectivity index (χ3v) is 7.96. The van der Waals surface area contributed by atoms with Crippen molar-refractivity contribution in [3.8, 4) is 0 Å². The van der Waals surface area contributed by atoms with E-state index in [1.165, 1.54) is 49.6 Å². The monoisotopic (exact) mass is 672 g/mol. The van der Waals surface area contributed by atoms with Crippen molar-refractivity contribution >= 4 is 43.9 Å². The topological polar surface area (TPSA) is 209 Å². The number of ether oxygens (including phenoxy) is 3. The molecule has 2 aromatic rings. The lowest BCUT2D eigenvalue weighted by Gasteiger charge is -2.19. The molecule has 0 aliphatic rings. The van der Waals surface area contributed by atoms with Crippen LogP contribution in [-0.4, -0.2) is 77.2 Å². The highest BCUT2D eigenvalue weighted by atomic mass is 32.2. The molecule has 0 unspecified atom stereocenters. The van der Waals surface area contributed by atoms with Crippen molar-refractivity contribution in [3.05, 3.63) is 59.7 Å².